The molecule has 0 saturated carbocycles. The molecule has 1 aliphatic rings. The van der Waals surface area contributed by atoms with Crippen molar-refractivity contribution in [2.75, 3.05) is 6.61 Å². The Bertz CT molecular complexity index is 939. The van der Waals surface area contributed by atoms with Gasteiger partial charge in [0.1, 0.15) is 11.6 Å². The molecule has 1 saturated heterocycles. The largest absolute Gasteiger partial charge is 0.465 e. The summed E-state index contributed by atoms with van der Waals surface area (Å²) in [6, 6.07) is 18.4. The lowest BCUT2D eigenvalue weighted by Crippen LogP contribution is -2.24. The third-order valence-corrected chi connectivity index (χ3v) is 5.94. The normalized spacial score (nSPS) is 16.9. The molecule has 2 heterocycles. The molecule has 5 heteroatoms. The van der Waals surface area contributed by atoms with E-state index in [-0.39, 0.29) is 12.4 Å². The van der Waals surface area contributed by atoms with E-state index < -0.39 is 0 Å². The summed E-state index contributed by atoms with van der Waals surface area (Å²) in [4.78, 5) is 9.14. The van der Waals surface area contributed by atoms with Crippen LogP contribution in [0, 0.1) is 0 Å². The maximum atomic E-state index is 5.95. The second-order valence-corrected chi connectivity index (χ2v) is 8.68. The maximum Gasteiger partial charge on any atom is 0.199 e. The number of aromatic nitrogens is 2. The molecule has 4 rings (SSSR count). The van der Waals surface area contributed by atoms with Crippen LogP contribution < -0.4 is 4.74 Å². The molecule has 33 heavy (non-hydrogen) atoms. The summed E-state index contributed by atoms with van der Waals surface area (Å²) in [5.41, 5.74) is 3.32. The Kier molecular flexibility index (Phi) is 8.84. The van der Waals surface area contributed by atoms with Gasteiger partial charge in [0.2, 0.25) is 0 Å². The zero-order valence-corrected chi connectivity index (χ0v) is 19.5. The Morgan fingerprint density at radius 3 is 2.45 bits per heavy atom. The number of nitrogens with zero attached hydrogens (tertiary/aromatic N) is 2. The molecule has 1 aliphatic heterocycles. The summed E-state index contributed by atoms with van der Waals surface area (Å²) in [7, 11) is 0. The topological polar surface area (TPSA) is 53.5 Å². The van der Waals surface area contributed by atoms with Crippen molar-refractivity contribution >= 4 is 0 Å². The van der Waals surface area contributed by atoms with Crippen LogP contribution in [0.25, 0.3) is 11.1 Å². The molecule has 0 aliphatic carbocycles. The fraction of sp³-hybridized carbons (Fsp3) is 0.429. The quantitative estimate of drug-likeness (QED) is 0.321. The van der Waals surface area contributed by atoms with E-state index in [0.717, 1.165) is 74.3 Å². The van der Waals surface area contributed by atoms with Crippen LogP contribution in [-0.2, 0) is 22.5 Å². The van der Waals surface area contributed by atoms with Crippen LogP contribution in [0.2, 0.25) is 0 Å². The van der Waals surface area contributed by atoms with Crippen LogP contribution in [0.5, 0.6) is 5.75 Å². The lowest BCUT2D eigenvalue weighted by molar-refractivity contribution is -0.105. The monoisotopic (exact) mass is 446 g/mol. The number of benzene rings is 2. The summed E-state index contributed by atoms with van der Waals surface area (Å²) in [5.74, 6) is 1.73. The Morgan fingerprint density at radius 1 is 0.939 bits per heavy atom. The summed E-state index contributed by atoms with van der Waals surface area (Å²) in [6.07, 6.45) is 11.3. The minimum atomic E-state index is -0.120. The smallest absolute Gasteiger partial charge is 0.199 e. The zero-order valence-electron chi connectivity index (χ0n) is 19.5. The van der Waals surface area contributed by atoms with Crippen molar-refractivity contribution in [3.8, 4) is 16.9 Å². The van der Waals surface area contributed by atoms with Crippen molar-refractivity contribution < 1.29 is 14.2 Å². The number of unbranched alkanes of at least 4 members (excludes halogenated alkanes) is 1. The van der Waals surface area contributed by atoms with Crippen LogP contribution in [0.4, 0.5) is 0 Å². The molecule has 3 aromatic rings. The number of aryl methyl sites for hydroxylation is 1. The molecule has 0 radical (unpaired) electrons. The van der Waals surface area contributed by atoms with E-state index in [1.54, 1.807) is 0 Å². The Morgan fingerprint density at radius 2 is 1.73 bits per heavy atom. The van der Waals surface area contributed by atoms with Gasteiger partial charge in [0, 0.05) is 30.8 Å². The van der Waals surface area contributed by atoms with Crippen LogP contribution in [0.1, 0.15) is 56.8 Å². The predicted molar refractivity (Wildman–Crippen MR) is 130 cm³/mol. The molecule has 5 nitrogen and oxygen atoms in total. The molecule has 1 fully saturated rings. The summed E-state index contributed by atoms with van der Waals surface area (Å²) >= 11 is 0. The number of hydrogen-bond donors (Lipinski definition) is 0. The highest BCUT2D eigenvalue weighted by atomic mass is 16.7. The van der Waals surface area contributed by atoms with Crippen LogP contribution in [-0.4, -0.2) is 29.0 Å². The molecule has 0 bridgehead atoms. The number of hydrogen-bond acceptors (Lipinski definition) is 5. The first-order valence-corrected chi connectivity index (χ1v) is 12.1. The van der Waals surface area contributed by atoms with Crippen molar-refractivity contribution in [3.05, 3.63) is 78.4 Å². The van der Waals surface area contributed by atoms with Gasteiger partial charge in [0.25, 0.3) is 0 Å². The first-order valence-electron chi connectivity index (χ1n) is 12.1. The fourth-order valence-corrected chi connectivity index (χ4v) is 3.93. The predicted octanol–water partition coefficient (Wildman–Crippen LogP) is 6.37. The standard InChI is InChI=1S/C28H34N2O3/c1-22(32-21-23-10-3-2-4-11-23)9-5-6-12-27-29-19-25(20-30-27)24-14-16-26(17-15-24)33-28-13-7-8-18-31-28/h2-4,10-11,14-17,19-20,22,28H,5-9,12-13,18,21H2,1H3. The fourth-order valence-electron chi connectivity index (χ4n) is 3.93. The zero-order chi connectivity index (χ0) is 22.7. The molecule has 0 N–H and O–H groups in total. The van der Waals surface area contributed by atoms with E-state index in [4.69, 9.17) is 14.2 Å². The first-order chi connectivity index (χ1) is 16.3. The van der Waals surface area contributed by atoms with E-state index in [0.29, 0.717) is 6.61 Å². The van der Waals surface area contributed by atoms with E-state index >= 15 is 0 Å². The molecular formula is C28H34N2O3. The van der Waals surface area contributed by atoms with Gasteiger partial charge in [-0.15, -0.1) is 0 Å². The first kappa shape index (κ1) is 23.4. The van der Waals surface area contributed by atoms with Crippen molar-refractivity contribution in [2.45, 2.75) is 70.9 Å². The second-order valence-electron chi connectivity index (χ2n) is 8.68. The second kappa shape index (κ2) is 12.5. The highest BCUT2D eigenvalue weighted by Gasteiger charge is 2.15. The van der Waals surface area contributed by atoms with Crippen molar-refractivity contribution in [2.24, 2.45) is 0 Å². The van der Waals surface area contributed by atoms with Crippen molar-refractivity contribution in [1.29, 1.82) is 0 Å². The van der Waals surface area contributed by atoms with Crippen molar-refractivity contribution in [3.63, 3.8) is 0 Å². The molecule has 0 amide bonds. The van der Waals surface area contributed by atoms with Gasteiger partial charge in [-0.05, 0) is 55.9 Å². The molecule has 1 aromatic heterocycles. The Balaban J connectivity index is 1.17. The van der Waals surface area contributed by atoms with Gasteiger partial charge in [0.15, 0.2) is 6.29 Å². The summed E-state index contributed by atoms with van der Waals surface area (Å²) < 4.78 is 17.5. The molecular weight excluding hydrogens is 412 g/mol. The summed E-state index contributed by atoms with van der Waals surface area (Å²) in [5, 5.41) is 0. The van der Waals surface area contributed by atoms with Gasteiger partial charge in [-0.2, -0.15) is 0 Å². The summed E-state index contributed by atoms with van der Waals surface area (Å²) in [6.45, 7) is 3.61. The highest BCUT2D eigenvalue weighted by molar-refractivity contribution is 5.62. The average molecular weight is 447 g/mol. The highest BCUT2D eigenvalue weighted by Crippen LogP contribution is 2.24. The third kappa shape index (κ3) is 7.65. The lowest BCUT2D eigenvalue weighted by Gasteiger charge is -2.23. The van der Waals surface area contributed by atoms with Crippen LogP contribution in [0.3, 0.4) is 0 Å². The number of rotatable bonds is 11. The third-order valence-electron chi connectivity index (χ3n) is 5.94. The van der Waals surface area contributed by atoms with E-state index in [2.05, 4.69) is 29.0 Å². The SMILES string of the molecule is CC(CCCCc1ncc(-c2ccc(OC3CCCCO3)cc2)cn1)OCc1ccccc1. The molecule has 174 valence electrons. The Hall–Kier alpha value is -2.76. The average Bonchev–Trinajstić information content (AvgIpc) is 2.87. The van der Waals surface area contributed by atoms with E-state index in [1.165, 1.54) is 5.56 Å². The molecule has 2 unspecified atom stereocenters. The van der Waals surface area contributed by atoms with Crippen LogP contribution >= 0.6 is 0 Å². The van der Waals surface area contributed by atoms with Gasteiger partial charge in [-0.1, -0.05) is 48.9 Å². The van der Waals surface area contributed by atoms with E-state index in [1.807, 2.05) is 54.9 Å². The van der Waals surface area contributed by atoms with Gasteiger partial charge < -0.3 is 14.2 Å². The molecule has 2 aromatic carbocycles. The van der Waals surface area contributed by atoms with E-state index in [9.17, 15) is 0 Å². The molecule has 0 spiro atoms. The molecule has 2 atom stereocenters. The maximum absolute atomic E-state index is 5.95. The van der Waals surface area contributed by atoms with Crippen LogP contribution in [0.15, 0.2) is 67.0 Å². The van der Waals surface area contributed by atoms with Gasteiger partial charge in [-0.25, -0.2) is 9.97 Å². The van der Waals surface area contributed by atoms with Crippen molar-refractivity contribution in [1.82, 2.24) is 9.97 Å². The lowest BCUT2D eigenvalue weighted by atomic mass is 10.1. The Labute approximate surface area is 197 Å². The minimum absolute atomic E-state index is 0.120. The number of ether oxygens (including phenoxy) is 3. The minimum Gasteiger partial charge on any atom is -0.465 e. The van der Waals surface area contributed by atoms with Gasteiger partial charge >= 0.3 is 0 Å². The van der Waals surface area contributed by atoms with Gasteiger partial charge in [-0.3, -0.25) is 0 Å². The van der Waals surface area contributed by atoms with Gasteiger partial charge in [0.05, 0.1) is 19.3 Å².